The fourth-order valence-electron chi connectivity index (χ4n) is 7.72. The van der Waals surface area contributed by atoms with Gasteiger partial charge in [0.15, 0.2) is 0 Å². The van der Waals surface area contributed by atoms with Crippen molar-refractivity contribution in [3.8, 4) is 0 Å². The predicted molar refractivity (Wildman–Crippen MR) is 115 cm³/mol. The van der Waals surface area contributed by atoms with Gasteiger partial charge in [-0.05, 0) is 92.1 Å². The molecule has 1 N–H and O–H groups in total. The van der Waals surface area contributed by atoms with E-state index in [1.165, 1.54) is 32.1 Å². The number of nitrogens with zero attached hydrogens (tertiary/aromatic N) is 2. The Morgan fingerprint density at radius 1 is 1.11 bits per heavy atom. The minimum Gasteiger partial charge on any atom is -0.393 e. The largest absolute Gasteiger partial charge is 0.393 e. The molecule has 4 aliphatic carbocycles. The molecular formula is C25H36N2O. The summed E-state index contributed by atoms with van der Waals surface area (Å²) in [6, 6.07) is 0.440. The zero-order valence-corrected chi connectivity index (χ0v) is 17.8. The van der Waals surface area contributed by atoms with Crippen molar-refractivity contribution in [1.29, 1.82) is 0 Å². The van der Waals surface area contributed by atoms with Crippen molar-refractivity contribution in [3.05, 3.63) is 35.6 Å². The Labute approximate surface area is 170 Å². The van der Waals surface area contributed by atoms with Crippen LogP contribution in [0.4, 0.5) is 0 Å². The number of hydrogen-bond donors (Lipinski definition) is 1. The lowest BCUT2D eigenvalue weighted by atomic mass is 9.47. The molecule has 3 nitrogen and oxygen atoms in total. The van der Waals surface area contributed by atoms with Gasteiger partial charge in [0, 0.05) is 18.5 Å². The van der Waals surface area contributed by atoms with Crippen molar-refractivity contribution in [3.63, 3.8) is 0 Å². The highest BCUT2D eigenvalue weighted by Gasteiger charge is 2.57. The Hall–Kier alpha value is -1.35. The third-order valence-electron chi connectivity index (χ3n) is 9.38. The van der Waals surface area contributed by atoms with Gasteiger partial charge in [-0.25, -0.2) is 0 Å². The van der Waals surface area contributed by atoms with Crippen LogP contribution in [-0.4, -0.2) is 35.0 Å². The molecule has 0 radical (unpaired) electrons. The van der Waals surface area contributed by atoms with Crippen LogP contribution in [0.5, 0.6) is 0 Å². The molecule has 5 rings (SSSR count). The average Bonchev–Trinajstić information content (AvgIpc) is 3.06. The first kappa shape index (κ1) is 18.7. The fourth-order valence-corrected chi connectivity index (χ4v) is 7.72. The van der Waals surface area contributed by atoms with Crippen molar-refractivity contribution in [2.24, 2.45) is 33.6 Å². The minimum absolute atomic E-state index is 0.106. The molecule has 7 atom stereocenters. The Kier molecular flexibility index (Phi) is 4.39. The highest BCUT2D eigenvalue weighted by atomic mass is 16.3. The first-order valence-electron chi connectivity index (χ1n) is 11.4. The molecule has 0 amide bonds. The lowest BCUT2D eigenvalue weighted by Gasteiger charge is -2.58. The zero-order valence-electron chi connectivity index (χ0n) is 17.8. The molecule has 3 heteroatoms. The molecule has 0 aromatic heterocycles. The molecule has 5 aliphatic rings. The Bertz CT molecular complexity index is 765. The van der Waals surface area contributed by atoms with E-state index in [0.717, 1.165) is 37.3 Å². The van der Waals surface area contributed by atoms with Crippen LogP contribution in [-0.2, 0) is 0 Å². The summed E-state index contributed by atoms with van der Waals surface area (Å²) in [5, 5.41) is 10.2. The van der Waals surface area contributed by atoms with Crippen LogP contribution in [0.15, 0.2) is 40.6 Å². The number of aliphatic hydroxyl groups is 1. The van der Waals surface area contributed by atoms with Crippen LogP contribution in [0.1, 0.15) is 65.7 Å². The van der Waals surface area contributed by atoms with Gasteiger partial charge in [-0.15, -0.1) is 0 Å². The number of aliphatic imine (C=N–C) groups is 1. The summed E-state index contributed by atoms with van der Waals surface area (Å²) in [4.78, 5) is 6.86. The maximum absolute atomic E-state index is 10.2. The van der Waals surface area contributed by atoms with Gasteiger partial charge in [0.25, 0.3) is 0 Å². The van der Waals surface area contributed by atoms with Crippen molar-refractivity contribution >= 4 is 6.21 Å². The van der Waals surface area contributed by atoms with Gasteiger partial charge >= 0.3 is 0 Å². The van der Waals surface area contributed by atoms with Crippen LogP contribution in [0.3, 0.4) is 0 Å². The molecule has 28 heavy (non-hydrogen) atoms. The maximum atomic E-state index is 10.2. The van der Waals surface area contributed by atoms with E-state index in [-0.39, 0.29) is 6.10 Å². The second kappa shape index (κ2) is 6.58. The van der Waals surface area contributed by atoms with Gasteiger partial charge in [0.2, 0.25) is 0 Å². The van der Waals surface area contributed by atoms with Crippen molar-refractivity contribution in [2.45, 2.75) is 77.9 Å². The summed E-state index contributed by atoms with van der Waals surface area (Å²) >= 11 is 0. The van der Waals surface area contributed by atoms with Gasteiger partial charge < -0.3 is 10.0 Å². The summed E-state index contributed by atoms with van der Waals surface area (Å²) < 4.78 is 0. The Morgan fingerprint density at radius 3 is 2.71 bits per heavy atom. The second-order valence-corrected chi connectivity index (χ2v) is 10.5. The zero-order chi connectivity index (χ0) is 19.5. The number of hydrogen-bond acceptors (Lipinski definition) is 3. The van der Waals surface area contributed by atoms with Gasteiger partial charge in [-0.3, -0.25) is 4.99 Å². The minimum atomic E-state index is -0.106. The van der Waals surface area contributed by atoms with E-state index in [9.17, 15) is 5.11 Å². The third kappa shape index (κ3) is 2.61. The fraction of sp³-hybridized carbons (Fsp3) is 0.720. The van der Waals surface area contributed by atoms with Crippen molar-refractivity contribution < 1.29 is 5.11 Å². The summed E-state index contributed by atoms with van der Waals surface area (Å²) in [5.74, 6) is 2.39. The van der Waals surface area contributed by atoms with E-state index < -0.39 is 0 Å². The number of fused-ring (bicyclic) bond motifs is 5. The first-order chi connectivity index (χ1) is 13.4. The van der Waals surface area contributed by atoms with E-state index in [0.29, 0.717) is 16.9 Å². The predicted octanol–water partition coefficient (Wildman–Crippen LogP) is 5.09. The first-order valence-corrected chi connectivity index (χ1v) is 11.4. The van der Waals surface area contributed by atoms with E-state index in [4.69, 9.17) is 0 Å². The molecule has 2 saturated carbocycles. The monoisotopic (exact) mass is 380 g/mol. The summed E-state index contributed by atoms with van der Waals surface area (Å²) in [5.41, 5.74) is 3.91. The van der Waals surface area contributed by atoms with Gasteiger partial charge in [-0.2, -0.15) is 0 Å². The molecule has 1 aliphatic heterocycles. The Balaban J connectivity index is 1.40. The molecule has 0 aromatic rings. The summed E-state index contributed by atoms with van der Waals surface area (Å²) in [6.45, 7) is 8.24. The summed E-state index contributed by atoms with van der Waals surface area (Å²) in [7, 11) is 0. The topological polar surface area (TPSA) is 35.8 Å². The third-order valence-corrected chi connectivity index (χ3v) is 9.38. The van der Waals surface area contributed by atoms with Gasteiger partial charge in [0.05, 0.1) is 6.10 Å². The quantitative estimate of drug-likeness (QED) is 0.677. The van der Waals surface area contributed by atoms with E-state index in [1.54, 1.807) is 11.1 Å². The number of aliphatic hydroxyl groups excluding tert-OH is 1. The normalized spacial score (nSPS) is 45.6. The van der Waals surface area contributed by atoms with Crippen molar-refractivity contribution in [2.75, 3.05) is 6.67 Å². The lowest BCUT2D eigenvalue weighted by Crippen LogP contribution is -2.51. The Morgan fingerprint density at radius 2 is 1.93 bits per heavy atom. The standard InChI is InChI=1S/C25H36N2O/c1-17(27-14-4-13-26-16-27)21-7-8-22-20-6-5-18-15-19(28)9-11-24(18,2)23(20)10-12-25(21,22)3/h4-5,7,13-14,17,19-20,22-23,28H,6,8-12,15-16H2,1-3H3/t17?,19?,20-,22-,23-,24-,25+/m0/s1. The van der Waals surface area contributed by atoms with Crippen LogP contribution >= 0.6 is 0 Å². The molecule has 0 bridgehead atoms. The maximum Gasteiger partial charge on any atom is 0.110 e. The molecule has 2 unspecified atom stereocenters. The summed E-state index contributed by atoms with van der Waals surface area (Å²) in [6.07, 6.45) is 19.5. The number of rotatable bonds is 2. The smallest absolute Gasteiger partial charge is 0.110 e. The lowest BCUT2D eigenvalue weighted by molar-refractivity contribution is -0.0319. The van der Waals surface area contributed by atoms with Crippen LogP contribution in [0.25, 0.3) is 0 Å². The highest BCUT2D eigenvalue weighted by molar-refractivity contribution is 5.71. The van der Waals surface area contributed by atoms with Crippen LogP contribution in [0.2, 0.25) is 0 Å². The molecule has 0 aromatic carbocycles. The molecule has 1 heterocycles. The van der Waals surface area contributed by atoms with Crippen molar-refractivity contribution in [1.82, 2.24) is 4.90 Å². The van der Waals surface area contributed by atoms with Crippen LogP contribution < -0.4 is 0 Å². The molecule has 0 spiro atoms. The molecule has 0 saturated heterocycles. The average molecular weight is 381 g/mol. The van der Waals surface area contributed by atoms with Gasteiger partial charge in [-0.1, -0.05) is 31.6 Å². The molecule has 2 fully saturated rings. The van der Waals surface area contributed by atoms with Crippen LogP contribution in [0, 0.1) is 28.6 Å². The number of allylic oxidation sites excluding steroid dienone is 3. The van der Waals surface area contributed by atoms with E-state index >= 15 is 0 Å². The van der Waals surface area contributed by atoms with E-state index in [2.05, 4.69) is 55.1 Å². The SMILES string of the molecule is CC(C1=CC[C@H]2[C@@H]3CC=C4CC(O)CC[C@]4(C)[C@H]3CC[C@]12C)N1C=CC=NC1. The second-order valence-electron chi connectivity index (χ2n) is 10.5. The molecular weight excluding hydrogens is 344 g/mol. The highest BCUT2D eigenvalue weighted by Crippen LogP contribution is 2.65. The van der Waals surface area contributed by atoms with E-state index in [1.807, 2.05) is 6.21 Å². The van der Waals surface area contributed by atoms with Gasteiger partial charge in [0.1, 0.15) is 6.67 Å². The molecule has 152 valence electrons.